The summed E-state index contributed by atoms with van der Waals surface area (Å²) in [5.41, 5.74) is 0.929. The molecule has 1 heterocycles. The van der Waals surface area contributed by atoms with Crippen molar-refractivity contribution in [3.8, 4) is 11.3 Å². The van der Waals surface area contributed by atoms with E-state index in [2.05, 4.69) is 10.3 Å². The minimum Gasteiger partial charge on any atom is -0.444 e. The van der Waals surface area contributed by atoms with E-state index >= 15 is 0 Å². The first-order chi connectivity index (χ1) is 8.16. The van der Waals surface area contributed by atoms with E-state index in [-0.39, 0.29) is 5.69 Å². The highest BCUT2D eigenvalue weighted by Gasteiger charge is 2.15. The normalized spacial score (nSPS) is 10.5. The van der Waals surface area contributed by atoms with Crippen molar-refractivity contribution in [3.05, 3.63) is 36.9 Å². The van der Waals surface area contributed by atoms with Gasteiger partial charge in [-0.05, 0) is 12.1 Å². The number of rotatable bonds is 3. The van der Waals surface area contributed by atoms with E-state index in [0.29, 0.717) is 11.3 Å². The second-order valence-electron chi connectivity index (χ2n) is 3.24. The summed E-state index contributed by atoms with van der Waals surface area (Å²) in [4.78, 5) is 14.6. The molecule has 2 aromatic rings. The van der Waals surface area contributed by atoms with Gasteiger partial charge in [0.05, 0.1) is 6.20 Å². The van der Waals surface area contributed by atoms with Crippen LogP contribution in [0.25, 0.3) is 11.3 Å². The minimum absolute atomic E-state index is 0.282. The summed E-state index contributed by atoms with van der Waals surface area (Å²) >= 11 is 0. The molecule has 0 saturated heterocycles. The Hall–Kier alpha value is -2.24. The summed E-state index contributed by atoms with van der Waals surface area (Å²) in [6.07, 6.45) is -0.280. The van der Waals surface area contributed by atoms with Gasteiger partial charge in [-0.3, -0.25) is 4.79 Å². The summed E-state index contributed by atoms with van der Waals surface area (Å²) in [6.45, 7) is 0. The molecule has 0 radical (unpaired) electrons. The number of carbonyl (C=O) groups excluding carboxylic acids is 1. The number of hydrogen-bond acceptors (Lipinski definition) is 3. The van der Waals surface area contributed by atoms with Gasteiger partial charge in [0.1, 0.15) is 0 Å². The van der Waals surface area contributed by atoms with Crippen molar-refractivity contribution < 1.29 is 18.0 Å². The molecule has 0 saturated carbocycles. The summed E-state index contributed by atoms with van der Waals surface area (Å²) in [5.74, 6) is -0.835. The van der Waals surface area contributed by atoms with E-state index in [1.807, 2.05) is 0 Å². The first kappa shape index (κ1) is 11.3. The van der Waals surface area contributed by atoms with Gasteiger partial charge in [0.2, 0.25) is 0 Å². The Bertz CT molecular complexity index is 512. The lowest BCUT2D eigenvalue weighted by Gasteiger charge is -2.05. The third-order valence-electron chi connectivity index (χ3n) is 2.05. The lowest BCUT2D eigenvalue weighted by molar-refractivity contribution is -0.126. The van der Waals surface area contributed by atoms with Crippen LogP contribution in [0, 0.1) is 0 Å². The van der Waals surface area contributed by atoms with Gasteiger partial charge in [-0.15, -0.1) is 0 Å². The summed E-state index contributed by atoms with van der Waals surface area (Å²) in [7, 11) is 0. The number of benzene rings is 1. The molecule has 0 spiro atoms. The highest BCUT2D eigenvalue weighted by molar-refractivity contribution is 5.93. The molecular formula is C11H8F2N2O2. The van der Waals surface area contributed by atoms with Crippen molar-refractivity contribution in [1.82, 2.24) is 4.98 Å². The standard InChI is InChI=1S/C11H8F2N2O2/c12-10(13)11(16)15-8-3-1-2-7(4-8)9-5-14-6-17-9/h1-6,10H,(H,15,16). The van der Waals surface area contributed by atoms with Gasteiger partial charge >= 0.3 is 6.43 Å². The third-order valence-corrected chi connectivity index (χ3v) is 2.05. The van der Waals surface area contributed by atoms with Gasteiger partial charge in [-0.1, -0.05) is 12.1 Å². The minimum atomic E-state index is -3.04. The number of amides is 1. The molecule has 0 aliphatic heterocycles. The number of halogens is 2. The van der Waals surface area contributed by atoms with Gasteiger partial charge in [0.15, 0.2) is 12.2 Å². The van der Waals surface area contributed by atoms with Crippen molar-refractivity contribution in [2.75, 3.05) is 5.32 Å². The molecule has 0 aliphatic carbocycles. The Balaban J connectivity index is 2.20. The zero-order chi connectivity index (χ0) is 12.3. The predicted molar refractivity (Wildman–Crippen MR) is 56.6 cm³/mol. The first-order valence-electron chi connectivity index (χ1n) is 4.75. The van der Waals surface area contributed by atoms with Crippen LogP contribution in [0.3, 0.4) is 0 Å². The average Bonchev–Trinajstić information content (AvgIpc) is 2.82. The maximum Gasteiger partial charge on any atom is 0.315 e. The second-order valence-corrected chi connectivity index (χ2v) is 3.24. The van der Waals surface area contributed by atoms with Crippen LogP contribution in [-0.4, -0.2) is 17.3 Å². The first-order valence-corrected chi connectivity index (χ1v) is 4.75. The van der Waals surface area contributed by atoms with Crippen molar-refractivity contribution in [3.63, 3.8) is 0 Å². The number of anilines is 1. The molecule has 1 amide bonds. The summed E-state index contributed by atoms with van der Waals surface area (Å²) in [5, 5.41) is 2.09. The molecule has 0 aliphatic rings. The second kappa shape index (κ2) is 4.73. The number of nitrogens with zero attached hydrogens (tertiary/aromatic N) is 1. The van der Waals surface area contributed by atoms with Crippen molar-refractivity contribution >= 4 is 11.6 Å². The molecule has 0 atom stereocenters. The maximum atomic E-state index is 12.0. The Labute approximate surface area is 95.3 Å². The lowest BCUT2D eigenvalue weighted by atomic mass is 10.1. The van der Waals surface area contributed by atoms with Crippen molar-refractivity contribution in [2.24, 2.45) is 0 Å². The Kier molecular flexibility index (Phi) is 3.13. The van der Waals surface area contributed by atoms with Gasteiger partial charge in [0, 0.05) is 11.3 Å². The van der Waals surface area contributed by atoms with E-state index in [9.17, 15) is 13.6 Å². The molecular weight excluding hydrogens is 230 g/mol. The Morgan fingerprint density at radius 1 is 1.41 bits per heavy atom. The van der Waals surface area contributed by atoms with Crippen molar-refractivity contribution in [2.45, 2.75) is 6.43 Å². The lowest BCUT2D eigenvalue weighted by Crippen LogP contribution is -2.19. The highest BCUT2D eigenvalue weighted by atomic mass is 19.3. The van der Waals surface area contributed by atoms with Crippen LogP contribution in [0.2, 0.25) is 0 Å². The summed E-state index contributed by atoms with van der Waals surface area (Å²) < 4.78 is 29.1. The summed E-state index contributed by atoms with van der Waals surface area (Å²) in [6, 6.07) is 6.39. The molecule has 2 rings (SSSR count). The predicted octanol–water partition coefficient (Wildman–Crippen LogP) is 2.55. The third kappa shape index (κ3) is 2.66. The Morgan fingerprint density at radius 2 is 2.24 bits per heavy atom. The molecule has 1 aromatic carbocycles. The molecule has 0 unspecified atom stereocenters. The van der Waals surface area contributed by atoms with Crippen molar-refractivity contribution in [1.29, 1.82) is 0 Å². The fourth-order valence-electron chi connectivity index (χ4n) is 1.31. The number of alkyl halides is 2. The largest absolute Gasteiger partial charge is 0.444 e. The van der Waals surface area contributed by atoms with E-state index < -0.39 is 12.3 Å². The van der Waals surface area contributed by atoms with Gasteiger partial charge in [0.25, 0.3) is 5.91 Å². The van der Waals surface area contributed by atoms with Gasteiger partial charge in [-0.2, -0.15) is 8.78 Å². The monoisotopic (exact) mass is 238 g/mol. The maximum absolute atomic E-state index is 12.0. The molecule has 1 N–H and O–H groups in total. The molecule has 0 bridgehead atoms. The average molecular weight is 238 g/mol. The SMILES string of the molecule is O=C(Nc1cccc(-c2cnco2)c1)C(F)F. The topological polar surface area (TPSA) is 55.1 Å². The number of nitrogens with one attached hydrogen (secondary N) is 1. The van der Waals surface area contributed by atoms with E-state index in [1.165, 1.54) is 24.7 Å². The quantitative estimate of drug-likeness (QED) is 0.893. The molecule has 88 valence electrons. The fraction of sp³-hybridized carbons (Fsp3) is 0.0909. The zero-order valence-electron chi connectivity index (χ0n) is 8.56. The zero-order valence-corrected chi connectivity index (χ0v) is 8.56. The number of carbonyl (C=O) groups is 1. The van der Waals surface area contributed by atoms with Crippen LogP contribution < -0.4 is 5.32 Å². The van der Waals surface area contributed by atoms with Crippen LogP contribution in [0.5, 0.6) is 0 Å². The van der Waals surface area contributed by atoms with Gasteiger partial charge < -0.3 is 9.73 Å². The Morgan fingerprint density at radius 3 is 2.88 bits per heavy atom. The van der Waals surface area contributed by atoms with E-state index in [1.54, 1.807) is 12.1 Å². The van der Waals surface area contributed by atoms with Crippen LogP contribution in [-0.2, 0) is 4.79 Å². The van der Waals surface area contributed by atoms with Crippen LogP contribution in [0.15, 0.2) is 41.3 Å². The molecule has 4 nitrogen and oxygen atoms in total. The number of oxazole rings is 1. The van der Waals surface area contributed by atoms with Crippen LogP contribution >= 0.6 is 0 Å². The van der Waals surface area contributed by atoms with E-state index in [4.69, 9.17) is 4.42 Å². The van der Waals surface area contributed by atoms with E-state index in [0.717, 1.165) is 0 Å². The molecule has 0 fully saturated rings. The van der Waals surface area contributed by atoms with Crippen LogP contribution in [0.1, 0.15) is 0 Å². The van der Waals surface area contributed by atoms with Crippen LogP contribution in [0.4, 0.5) is 14.5 Å². The molecule has 6 heteroatoms. The smallest absolute Gasteiger partial charge is 0.315 e. The number of aromatic nitrogens is 1. The molecule has 17 heavy (non-hydrogen) atoms. The van der Waals surface area contributed by atoms with Gasteiger partial charge in [-0.25, -0.2) is 4.98 Å². The molecule has 1 aromatic heterocycles. The number of hydrogen-bond donors (Lipinski definition) is 1. The highest BCUT2D eigenvalue weighted by Crippen LogP contribution is 2.22. The fourth-order valence-corrected chi connectivity index (χ4v) is 1.31.